The third-order valence-electron chi connectivity index (χ3n) is 2.13. The molecular weight excluding hydrogens is 136 g/mol. The van der Waals surface area contributed by atoms with Crippen molar-refractivity contribution >= 4 is 0 Å². The molecule has 2 heteroatoms. The molecule has 1 aliphatic rings. The topological polar surface area (TPSA) is 35.8 Å². The van der Waals surface area contributed by atoms with E-state index in [0.717, 1.165) is 12.5 Å². The van der Waals surface area contributed by atoms with Crippen molar-refractivity contribution in [3.63, 3.8) is 0 Å². The molecule has 2 nitrogen and oxygen atoms in total. The molecule has 1 atom stereocenters. The Kier molecular flexibility index (Phi) is 2.90. The van der Waals surface area contributed by atoms with Crippen molar-refractivity contribution < 1.29 is 0 Å². The summed E-state index contributed by atoms with van der Waals surface area (Å²) in [5.74, 6) is 1.29. The van der Waals surface area contributed by atoms with Gasteiger partial charge in [0.1, 0.15) is 0 Å². The summed E-state index contributed by atoms with van der Waals surface area (Å²) in [6, 6.07) is 2.32. The Bertz CT molecular complexity index is 153. The Morgan fingerprint density at radius 2 is 2.18 bits per heavy atom. The third-order valence-corrected chi connectivity index (χ3v) is 2.13. The Hall–Kier alpha value is -0.550. The number of hydrogen-bond acceptors (Lipinski definition) is 2. The first-order chi connectivity index (χ1) is 5.24. The van der Waals surface area contributed by atoms with Crippen LogP contribution in [-0.4, -0.2) is 12.6 Å². The SMILES string of the molecule is CC(C)C(C#N)NCC1CC1. The molecule has 1 unspecified atom stereocenters. The lowest BCUT2D eigenvalue weighted by molar-refractivity contribution is 0.463. The average molecular weight is 152 g/mol. The van der Waals surface area contributed by atoms with Gasteiger partial charge in [0.05, 0.1) is 12.1 Å². The van der Waals surface area contributed by atoms with Gasteiger partial charge in [0.2, 0.25) is 0 Å². The minimum atomic E-state index is 0.0515. The summed E-state index contributed by atoms with van der Waals surface area (Å²) in [5.41, 5.74) is 0. The van der Waals surface area contributed by atoms with E-state index < -0.39 is 0 Å². The van der Waals surface area contributed by atoms with Crippen LogP contribution in [0.2, 0.25) is 0 Å². The minimum absolute atomic E-state index is 0.0515. The van der Waals surface area contributed by atoms with Crippen LogP contribution in [0.3, 0.4) is 0 Å². The summed E-state index contributed by atoms with van der Waals surface area (Å²) in [5, 5.41) is 12.0. The van der Waals surface area contributed by atoms with Crippen LogP contribution < -0.4 is 5.32 Å². The Morgan fingerprint density at radius 3 is 2.55 bits per heavy atom. The maximum absolute atomic E-state index is 8.72. The summed E-state index contributed by atoms with van der Waals surface area (Å²) in [6.45, 7) is 5.19. The zero-order valence-electron chi connectivity index (χ0n) is 7.30. The second kappa shape index (κ2) is 3.73. The molecule has 1 N–H and O–H groups in total. The molecule has 1 rings (SSSR count). The first kappa shape index (κ1) is 8.55. The molecule has 0 heterocycles. The number of nitriles is 1. The van der Waals surface area contributed by atoms with Crippen LogP contribution in [0.25, 0.3) is 0 Å². The van der Waals surface area contributed by atoms with Gasteiger partial charge in [-0.1, -0.05) is 13.8 Å². The van der Waals surface area contributed by atoms with Crippen LogP contribution in [-0.2, 0) is 0 Å². The first-order valence-electron chi connectivity index (χ1n) is 4.37. The van der Waals surface area contributed by atoms with E-state index in [2.05, 4.69) is 25.2 Å². The molecule has 0 aliphatic heterocycles. The van der Waals surface area contributed by atoms with Gasteiger partial charge in [-0.3, -0.25) is 0 Å². The van der Waals surface area contributed by atoms with Crippen LogP contribution >= 0.6 is 0 Å². The molecule has 0 saturated heterocycles. The maximum Gasteiger partial charge on any atom is 0.0976 e. The van der Waals surface area contributed by atoms with E-state index in [4.69, 9.17) is 5.26 Å². The molecule has 0 bridgehead atoms. The van der Waals surface area contributed by atoms with Gasteiger partial charge in [0, 0.05) is 0 Å². The van der Waals surface area contributed by atoms with Crippen molar-refractivity contribution in [3.05, 3.63) is 0 Å². The highest BCUT2D eigenvalue weighted by Gasteiger charge is 2.22. The summed E-state index contributed by atoms with van der Waals surface area (Å²) in [7, 11) is 0. The fraction of sp³-hybridized carbons (Fsp3) is 0.889. The van der Waals surface area contributed by atoms with Gasteiger partial charge >= 0.3 is 0 Å². The van der Waals surface area contributed by atoms with E-state index in [1.165, 1.54) is 12.8 Å². The standard InChI is InChI=1S/C9H16N2/c1-7(2)9(5-10)11-6-8-3-4-8/h7-9,11H,3-4,6H2,1-2H3. The Balaban J connectivity index is 2.15. The Morgan fingerprint density at radius 1 is 1.55 bits per heavy atom. The highest BCUT2D eigenvalue weighted by atomic mass is 14.9. The zero-order valence-corrected chi connectivity index (χ0v) is 7.30. The molecule has 0 aromatic carbocycles. The Labute approximate surface area is 68.6 Å². The molecule has 0 aromatic heterocycles. The van der Waals surface area contributed by atoms with Crippen LogP contribution in [0.1, 0.15) is 26.7 Å². The smallest absolute Gasteiger partial charge is 0.0976 e. The zero-order chi connectivity index (χ0) is 8.27. The summed E-state index contributed by atoms with van der Waals surface area (Å²) < 4.78 is 0. The molecule has 0 spiro atoms. The van der Waals surface area contributed by atoms with Crippen molar-refractivity contribution in [1.29, 1.82) is 5.26 Å². The monoisotopic (exact) mass is 152 g/mol. The van der Waals surface area contributed by atoms with Crippen LogP contribution in [0.5, 0.6) is 0 Å². The normalized spacial score (nSPS) is 19.8. The number of rotatable bonds is 4. The lowest BCUT2D eigenvalue weighted by atomic mass is 10.1. The molecule has 11 heavy (non-hydrogen) atoms. The predicted octanol–water partition coefficient (Wildman–Crippen LogP) is 1.53. The first-order valence-corrected chi connectivity index (χ1v) is 4.37. The van der Waals surface area contributed by atoms with Crippen molar-refractivity contribution in [2.45, 2.75) is 32.7 Å². The maximum atomic E-state index is 8.72. The van der Waals surface area contributed by atoms with Crippen molar-refractivity contribution in [3.8, 4) is 6.07 Å². The summed E-state index contributed by atoms with van der Waals surface area (Å²) in [4.78, 5) is 0. The van der Waals surface area contributed by atoms with Gasteiger partial charge in [-0.25, -0.2) is 0 Å². The van der Waals surface area contributed by atoms with Gasteiger partial charge in [0.15, 0.2) is 0 Å². The predicted molar refractivity (Wildman–Crippen MR) is 45.0 cm³/mol. The van der Waals surface area contributed by atoms with Gasteiger partial charge in [-0.2, -0.15) is 5.26 Å². The second-order valence-electron chi connectivity index (χ2n) is 3.70. The number of hydrogen-bond donors (Lipinski definition) is 1. The third kappa shape index (κ3) is 2.90. The highest BCUT2D eigenvalue weighted by molar-refractivity contribution is 4.93. The molecule has 0 aromatic rings. The largest absolute Gasteiger partial charge is 0.301 e. The summed E-state index contributed by atoms with van der Waals surface area (Å²) in [6.07, 6.45) is 2.70. The van der Waals surface area contributed by atoms with Gasteiger partial charge in [-0.05, 0) is 31.2 Å². The van der Waals surface area contributed by atoms with Crippen molar-refractivity contribution in [2.24, 2.45) is 11.8 Å². The van der Waals surface area contributed by atoms with Crippen molar-refractivity contribution in [1.82, 2.24) is 5.32 Å². The van der Waals surface area contributed by atoms with E-state index >= 15 is 0 Å². The fourth-order valence-electron chi connectivity index (χ4n) is 1.05. The molecule has 1 aliphatic carbocycles. The minimum Gasteiger partial charge on any atom is -0.301 e. The van der Waals surface area contributed by atoms with Crippen molar-refractivity contribution in [2.75, 3.05) is 6.54 Å². The molecule has 62 valence electrons. The average Bonchev–Trinajstić information content (AvgIpc) is 2.72. The van der Waals surface area contributed by atoms with Gasteiger partial charge < -0.3 is 5.32 Å². The van der Waals surface area contributed by atoms with Gasteiger partial charge in [0.25, 0.3) is 0 Å². The lowest BCUT2D eigenvalue weighted by Crippen LogP contribution is -2.33. The molecular formula is C9H16N2. The van der Waals surface area contributed by atoms with Crippen LogP contribution in [0, 0.1) is 23.2 Å². The van der Waals surface area contributed by atoms with E-state index in [-0.39, 0.29) is 6.04 Å². The molecule has 1 fully saturated rings. The van der Waals surface area contributed by atoms with E-state index in [9.17, 15) is 0 Å². The quantitative estimate of drug-likeness (QED) is 0.663. The van der Waals surface area contributed by atoms with Crippen LogP contribution in [0.15, 0.2) is 0 Å². The lowest BCUT2D eigenvalue weighted by Gasteiger charge is -2.13. The number of nitrogens with one attached hydrogen (secondary N) is 1. The van der Waals surface area contributed by atoms with E-state index in [0.29, 0.717) is 5.92 Å². The fourth-order valence-corrected chi connectivity index (χ4v) is 1.05. The second-order valence-corrected chi connectivity index (χ2v) is 3.70. The highest BCUT2D eigenvalue weighted by Crippen LogP contribution is 2.27. The number of nitrogens with zero attached hydrogens (tertiary/aromatic N) is 1. The summed E-state index contributed by atoms with van der Waals surface area (Å²) >= 11 is 0. The van der Waals surface area contributed by atoms with E-state index in [1.807, 2.05) is 0 Å². The van der Waals surface area contributed by atoms with Crippen LogP contribution in [0.4, 0.5) is 0 Å². The van der Waals surface area contributed by atoms with Gasteiger partial charge in [-0.15, -0.1) is 0 Å². The van der Waals surface area contributed by atoms with E-state index in [1.54, 1.807) is 0 Å². The molecule has 0 amide bonds. The molecule has 1 saturated carbocycles. The molecule has 0 radical (unpaired) electrons.